The zero-order chi connectivity index (χ0) is 18.7. The fourth-order valence-corrected chi connectivity index (χ4v) is 2.39. The van der Waals surface area contributed by atoms with E-state index >= 15 is 0 Å². The van der Waals surface area contributed by atoms with Crippen LogP contribution in [0, 0.1) is 12.7 Å². The van der Waals surface area contributed by atoms with E-state index in [1.54, 1.807) is 44.2 Å². The largest absolute Gasteiger partial charge is 0.441 e. The van der Waals surface area contributed by atoms with Crippen molar-refractivity contribution in [2.24, 2.45) is 0 Å². The van der Waals surface area contributed by atoms with E-state index in [0.717, 1.165) is 0 Å². The van der Waals surface area contributed by atoms with Crippen molar-refractivity contribution in [1.82, 2.24) is 10.1 Å². The number of carbonyl (C=O) groups excluding carboxylic acids is 1. The molecule has 1 atom stereocenters. The molecule has 0 bridgehead atoms. The van der Waals surface area contributed by atoms with Crippen molar-refractivity contribution in [2.45, 2.75) is 20.0 Å². The van der Waals surface area contributed by atoms with E-state index in [-0.39, 0.29) is 11.3 Å². The summed E-state index contributed by atoms with van der Waals surface area (Å²) in [4.78, 5) is 16.4. The molecular weight excluding hydrogens is 339 g/mol. The van der Waals surface area contributed by atoms with Crippen LogP contribution in [-0.2, 0) is 4.74 Å². The van der Waals surface area contributed by atoms with Gasteiger partial charge in [0.15, 0.2) is 0 Å². The molecule has 0 spiro atoms. The second kappa shape index (κ2) is 7.22. The molecule has 1 amide bonds. The number of nitrogens with two attached hydrogens (primary N) is 1. The van der Waals surface area contributed by atoms with E-state index in [0.29, 0.717) is 22.8 Å². The molecule has 7 nitrogen and oxygen atoms in total. The van der Waals surface area contributed by atoms with E-state index < -0.39 is 18.0 Å². The van der Waals surface area contributed by atoms with Gasteiger partial charge in [-0.1, -0.05) is 23.4 Å². The summed E-state index contributed by atoms with van der Waals surface area (Å²) in [6.45, 7) is 3.25. The predicted molar refractivity (Wildman–Crippen MR) is 93.8 cm³/mol. The number of carbonyl (C=O) groups is 1. The van der Waals surface area contributed by atoms with Gasteiger partial charge in [0.1, 0.15) is 29.0 Å². The van der Waals surface area contributed by atoms with Crippen LogP contribution in [0.25, 0.3) is 11.5 Å². The van der Waals surface area contributed by atoms with Crippen LogP contribution in [0.1, 0.15) is 24.3 Å². The second-order valence-electron chi connectivity index (χ2n) is 5.64. The van der Waals surface area contributed by atoms with Crippen LogP contribution in [0.3, 0.4) is 0 Å². The third-order valence-electron chi connectivity index (χ3n) is 3.74. The zero-order valence-corrected chi connectivity index (χ0v) is 14.2. The highest BCUT2D eigenvalue weighted by Gasteiger charge is 2.21. The molecule has 0 aliphatic rings. The molecule has 2 aromatic heterocycles. The Kier molecular flexibility index (Phi) is 4.83. The maximum Gasteiger partial charge on any atom is 0.412 e. The lowest BCUT2D eigenvalue weighted by Gasteiger charge is -2.14. The van der Waals surface area contributed by atoms with Crippen LogP contribution in [0.2, 0.25) is 0 Å². The topological polar surface area (TPSA) is 103 Å². The number of anilines is 2. The van der Waals surface area contributed by atoms with E-state index in [9.17, 15) is 9.18 Å². The van der Waals surface area contributed by atoms with Gasteiger partial charge in [-0.2, -0.15) is 0 Å². The number of amides is 1. The first-order valence-corrected chi connectivity index (χ1v) is 7.86. The van der Waals surface area contributed by atoms with Crippen molar-refractivity contribution in [3.8, 4) is 11.5 Å². The molecule has 3 rings (SSSR count). The van der Waals surface area contributed by atoms with E-state index in [1.807, 2.05) is 0 Å². The van der Waals surface area contributed by atoms with Gasteiger partial charge in [-0.05, 0) is 32.0 Å². The van der Waals surface area contributed by atoms with Gasteiger partial charge < -0.3 is 15.0 Å². The molecule has 0 aliphatic carbocycles. The monoisotopic (exact) mass is 356 g/mol. The minimum atomic E-state index is -0.769. The first-order chi connectivity index (χ1) is 12.5. The maximum absolute atomic E-state index is 13.8. The maximum atomic E-state index is 13.8. The van der Waals surface area contributed by atoms with Crippen molar-refractivity contribution in [2.75, 3.05) is 11.1 Å². The Hall–Kier alpha value is -3.42. The molecule has 3 N–H and O–H groups in total. The van der Waals surface area contributed by atoms with Gasteiger partial charge in [0, 0.05) is 5.56 Å². The number of aromatic nitrogens is 2. The fourth-order valence-electron chi connectivity index (χ4n) is 2.39. The zero-order valence-electron chi connectivity index (χ0n) is 14.2. The molecule has 2 heterocycles. The lowest BCUT2D eigenvalue weighted by Crippen LogP contribution is -2.17. The third kappa shape index (κ3) is 3.64. The quantitative estimate of drug-likeness (QED) is 0.730. The Morgan fingerprint density at radius 2 is 2.08 bits per heavy atom. The molecule has 0 fully saturated rings. The summed E-state index contributed by atoms with van der Waals surface area (Å²) >= 11 is 0. The Labute approximate surface area is 149 Å². The Morgan fingerprint density at radius 1 is 1.31 bits per heavy atom. The molecule has 0 radical (unpaired) electrons. The van der Waals surface area contributed by atoms with Gasteiger partial charge in [-0.25, -0.2) is 9.18 Å². The van der Waals surface area contributed by atoms with Gasteiger partial charge in [-0.3, -0.25) is 10.3 Å². The molecule has 8 heteroatoms. The van der Waals surface area contributed by atoms with Crippen molar-refractivity contribution in [3.05, 3.63) is 59.7 Å². The molecular formula is C18H17FN4O3. The first-order valence-electron chi connectivity index (χ1n) is 7.86. The highest BCUT2D eigenvalue weighted by molar-refractivity contribution is 5.90. The lowest BCUT2D eigenvalue weighted by molar-refractivity contribution is 0.119. The number of aryl methyl sites for hydroxylation is 1. The number of nitrogen functional groups attached to an aromatic ring is 1. The number of hydrogen-bond acceptors (Lipinski definition) is 6. The van der Waals surface area contributed by atoms with Crippen molar-refractivity contribution >= 4 is 17.5 Å². The van der Waals surface area contributed by atoms with Gasteiger partial charge in [0.2, 0.25) is 5.76 Å². The summed E-state index contributed by atoms with van der Waals surface area (Å²) < 4.78 is 24.3. The van der Waals surface area contributed by atoms with Gasteiger partial charge in [0.25, 0.3) is 0 Å². The van der Waals surface area contributed by atoms with Crippen LogP contribution in [0.4, 0.5) is 20.6 Å². The van der Waals surface area contributed by atoms with E-state index in [1.165, 1.54) is 12.3 Å². The highest BCUT2D eigenvalue weighted by Crippen LogP contribution is 2.30. The Morgan fingerprint density at radius 3 is 2.77 bits per heavy atom. The Balaban J connectivity index is 1.77. The van der Waals surface area contributed by atoms with Crippen molar-refractivity contribution in [3.63, 3.8) is 0 Å². The average molecular weight is 356 g/mol. The van der Waals surface area contributed by atoms with Crippen LogP contribution in [0.15, 0.2) is 47.1 Å². The normalized spacial score (nSPS) is 11.8. The van der Waals surface area contributed by atoms with E-state index in [4.69, 9.17) is 15.0 Å². The summed E-state index contributed by atoms with van der Waals surface area (Å²) in [5.74, 6) is -0.168. The SMILES string of the molecule is Cc1noc(-c2ccc(N)cn2)c1NC(=O)O[C@H](C)c1ccccc1F. The molecule has 0 saturated carbocycles. The molecule has 0 saturated heterocycles. The first kappa shape index (κ1) is 17.4. The predicted octanol–water partition coefficient (Wildman–Crippen LogP) is 4.08. The number of halogens is 1. The second-order valence-corrected chi connectivity index (χ2v) is 5.64. The minimum absolute atomic E-state index is 0.276. The lowest BCUT2D eigenvalue weighted by atomic mass is 10.1. The summed E-state index contributed by atoms with van der Waals surface area (Å²) in [6.07, 6.45) is -0.0616. The standard InChI is InChI=1S/C18H17FN4O3/c1-10-16(17(26-23-10)15-8-7-12(20)9-21-15)22-18(24)25-11(2)13-5-3-4-6-14(13)19/h3-9,11H,20H2,1-2H3,(H,22,24)/t11-/m1/s1. The van der Waals surface area contributed by atoms with Crippen LogP contribution >= 0.6 is 0 Å². The van der Waals surface area contributed by atoms with Crippen molar-refractivity contribution in [1.29, 1.82) is 0 Å². The van der Waals surface area contributed by atoms with Crippen molar-refractivity contribution < 1.29 is 18.4 Å². The molecule has 0 aliphatic heterocycles. The number of nitrogens with one attached hydrogen (secondary N) is 1. The van der Waals surface area contributed by atoms with Crippen LogP contribution in [0.5, 0.6) is 0 Å². The van der Waals surface area contributed by atoms with E-state index in [2.05, 4.69) is 15.5 Å². The third-order valence-corrected chi connectivity index (χ3v) is 3.74. The van der Waals surface area contributed by atoms with Crippen LogP contribution in [-0.4, -0.2) is 16.2 Å². The number of nitrogens with zero attached hydrogens (tertiary/aromatic N) is 2. The molecule has 0 unspecified atom stereocenters. The average Bonchev–Trinajstić information content (AvgIpc) is 2.96. The molecule has 134 valence electrons. The molecule has 1 aromatic carbocycles. The number of ether oxygens (including phenoxy) is 1. The summed E-state index contributed by atoms with van der Waals surface area (Å²) in [5.41, 5.74) is 7.64. The number of benzene rings is 1. The summed E-state index contributed by atoms with van der Waals surface area (Å²) in [6, 6.07) is 9.41. The number of hydrogen-bond donors (Lipinski definition) is 2. The molecule has 3 aromatic rings. The van der Waals surface area contributed by atoms with Gasteiger partial charge in [-0.15, -0.1) is 0 Å². The van der Waals surface area contributed by atoms with Crippen LogP contribution < -0.4 is 11.1 Å². The highest BCUT2D eigenvalue weighted by atomic mass is 19.1. The van der Waals surface area contributed by atoms with Gasteiger partial charge >= 0.3 is 6.09 Å². The van der Waals surface area contributed by atoms with Gasteiger partial charge in [0.05, 0.1) is 11.9 Å². The summed E-state index contributed by atoms with van der Waals surface area (Å²) in [7, 11) is 0. The number of rotatable bonds is 4. The minimum Gasteiger partial charge on any atom is -0.441 e. The smallest absolute Gasteiger partial charge is 0.412 e. The molecule has 26 heavy (non-hydrogen) atoms. The Bertz CT molecular complexity index is 924. The fraction of sp³-hybridized carbons (Fsp3) is 0.167. The summed E-state index contributed by atoms with van der Waals surface area (Å²) in [5, 5.41) is 6.42. The number of pyridine rings is 1.